The zero-order valence-corrected chi connectivity index (χ0v) is 14.6. The highest BCUT2D eigenvalue weighted by Gasteiger charge is 2.25. The molecule has 0 spiro atoms. The van der Waals surface area contributed by atoms with E-state index in [-0.39, 0.29) is 23.6 Å². The van der Waals surface area contributed by atoms with Crippen molar-refractivity contribution in [1.29, 1.82) is 0 Å². The SMILES string of the molecule is CC1CCCCC1NC(=O)c1nn(C(C)C)c(=O)c2ccccc12. The molecule has 1 aliphatic carbocycles. The van der Waals surface area contributed by atoms with Crippen molar-refractivity contribution in [2.24, 2.45) is 5.92 Å². The number of carbonyl (C=O) groups is 1. The van der Waals surface area contributed by atoms with Crippen LogP contribution in [0.5, 0.6) is 0 Å². The van der Waals surface area contributed by atoms with Crippen LogP contribution in [0.3, 0.4) is 0 Å². The number of fused-ring (bicyclic) bond motifs is 1. The molecule has 1 heterocycles. The van der Waals surface area contributed by atoms with Crippen molar-refractivity contribution in [3.8, 4) is 0 Å². The lowest BCUT2D eigenvalue weighted by atomic mass is 9.86. The summed E-state index contributed by atoms with van der Waals surface area (Å²) < 4.78 is 1.40. The minimum atomic E-state index is -0.181. The molecule has 1 N–H and O–H groups in total. The average molecular weight is 327 g/mol. The van der Waals surface area contributed by atoms with Crippen molar-refractivity contribution >= 4 is 16.7 Å². The van der Waals surface area contributed by atoms with Gasteiger partial charge in [-0.15, -0.1) is 0 Å². The van der Waals surface area contributed by atoms with Gasteiger partial charge in [0.15, 0.2) is 5.69 Å². The molecule has 2 unspecified atom stereocenters. The third-order valence-corrected chi connectivity index (χ3v) is 4.96. The first-order valence-electron chi connectivity index (χ1n) is 8.81. The Labute approximate surface area is 142 Å². The molecule has 5 heteroatoms. The van der Waals surface area contributed by atoms with E-state index in [0.717, 1.165) is 19.3 Å². The van der Waals surface area contributed by atoms with Crippen molar-refractivity contribution in [2.45, 2.75) is 58.5 Å². The fraction of sp³-hybridized carbons (Fsp3) is 0.526. The van der Waals surface area contributed by atoms with Crippen LogP contribution in [-0.4, -0.2) is 21.7 Å². The van der Waals surface area contributed by atoms with Crippen LogP contribution in [-0.2, 0) is 0 Å². The van der Waals surface area contributed by atoms with E-state index in [2.05, 4.69) is 17.3 Å². The highest BCUT2D eigenvalue weighted by molar-refractivity contribution is 6.04. The second kappa shape index (κ2) is 6.75. The Hall–Kier alpha value is -2.17. The van der Waals surface area contributed by atoms with Gasteiger partial charge in [-0.1, -0.05) is 38.0 Å². The van der Waals surface area contributed by atoms with Gasteiger partial charge in [0.25, 0.3) is 11.5 Å². The molecule has 0 saturated heterocycles. The number of nitrogens with zero attached hydrogens (tertiary/aromatic N) is 2. The zero-order valence-electron chi connectivity index (χ0n) is 14.6. The number of carbonyl (C=O) groups excluding carboxylic acids is 1. The molecule has 2 atom stereocenters. The van der Waals surface area contributed by atoms with Crippen molar-refractivity contribution < 1.29 is 4.79 Å². The van der Waals surface area contributed by atoms with E-state index in [0.29, 0.717) is 22.4 Å². The van der Waals surface area contributed by atoms with E-state index in [1.807, 2.05) is 26.0 Å². The Kier molecular flexibility index (Phi) is 4.69. The van der Waals surface area contributed by atoms with Crippen LogP contribution in [0.2, 0.25) is 0 Å². The van der Waals surface area contributed by atoms with Gasteiger partial charge in [-0.25, -0.2) is 4.68 Å². The van der Waals surface area contributed by atoms with Crippen LogP contribution in [0.4, 0.5) is 0 Å². The summed E-state index contributed by atoms with van der Waals surface area (Å²) in [4.78, 5) is 25.4. The largest absolute Gasteiger partial charge is 0.348 e. The molecular formula is C19H25N3O2. The van der Waals surface area contributed by atoms with Gasteiger partial charge in [0.05, 0.1) is 11.4 Å². The molecular weight excluding hydrogens is 302 g/mol. The number of aromatic nitrogens is 2. The van der Waals surface area contributed by atoms with Gasteiger partial charge in [0, 0.05) is 11.4 Å². The molecule has 24 heavy (non-hydrogen) atoms. The van der Waals surface area contributed by atoms with Gasteiger partial charge in [0.2, 0.25) is 0 Å². The summed E-state index contributed by atoms with van der Waals surface area (Å²) >= 11 is 0. The third kappa shape index (κ3) is 3.07. The normalized spacial score (nSPS) is 21.2. The summed E-state index contributed by atoms with van der Waals surface area (Å²) in [5.74, 6) is 0.296. The van der Waals surface area contributed by atoms with E-state index in [1.54, 1.807) is 12.1 Å². The first-order valence-corrected chi connectivity index (χ1v) is 8.81. The van der Waals surface area contributed by atoms with Gasteiger partial charge >= 0.3 is 0 Å². The molecule has 1 aromatic heterocycles. The van der Waals surface area contributed by atoms with E-state index in [4.69, 9.17) is 0 Å². The molecule has 128 valence electrons. The third-order valence-electron chi connectivity index (χ3n) is 4.96. The maximum absolute atomic E-state index is 12.9. The molecule has 0 radical (unpaired) electrons. The van der Waals surface area contributed by atoms with Crippen LogP contribution in [0.25, 0.3) is 10.8 Å². The van der Waals surface area contributed by atoms with E-state index in [1.165, 1.54) is 11.1 Å². The Morgan fingerprint density at radius 1 is 1.21 bits per heavy atom. The fourth-order valence-electron chi connectivity index (χ4n) is 3.49. The quantitative estimate of drug-likeness (QED) is 0.941. The Bertz CT molecular complexity index is 810. The molecule has 1 saturated carbocycles. The highest BCUT2D eigenvalue weighted by atomic mass is 16.2. The van der Waals surface area contributed by atoms with Crippen LogP contribution in [0.1, 0.15) is 63.0 Å². The van der Waals surface area contributed by atoms with Crippen molar-refractivity contribution in [2.75, 3.05) is 0 Å². The number of benzene rings is 1. The first-order chi connectivity index (χ1) is 11.5. The van der Waals surface area contributed by atoms with Gasteiger partial charge in [-0.2, -0.15) is 5.10 Å². The molecule has 2 aromatic rings. The predicted molar refractivity (Wildman–Crippen MR) is 95.3 cm³/mol. The van der Waals surface area contributed by atoms with Crippen LogP contribution < -0.4 is 10.9 Å². The van der Waals surface area contributed by atoms with Gasteiger partial charge < -0.3 is 5.32 Å². The summed E-state index contributed by atoms with van der Waals surface area (Å²) in [5.41, 5.74) is 0.194. The molecule has 1 aliphatic rings. The van der Waals surface area contributed by atoms with Gasteiger partial charge in [-0.3, -0.25) is 9.59 Å². The number of nitrogens with one attached hydrogen (secondary N) is 1. The van der Waals surface area contributed by atoms with Crippen LogP contribution in [0, 0.1) is 5.92 Å². The maximum Gasteiger partial charge on any atom is 0.274 e. The summed E-state index contributed by atoms with van der Waals surface area (Å²) in [6.45, 7) is 5.98. The molecule has 1 fully saturated rings. The summed E-state index contributed by atoms with van der Waals surface area (Å²) in [6.07, 6.45) is 4.53. The van der Waals surface area contributed by atoms with Gasteiger partial charge in [-0.05, 0) is 38.7 Å². The molecule has 0 bridgehead atoms. The summed E-state index contributed by atoms with van der Waals surface area (Å²) in [6, 6.07) is 7.31. The smallest absolute Gasteiger partial charge is 0.274 e. The Morgan fingerprint density at radius 3 is 2.54 bits per heavy atom. The summed E-state index contributed by atoms with van der Waals surface area (Å²) in [7, 11) is 0. The maximum atomic E-state index is 12.9. The topological polar surface area (TPSA) is 64.0 Å². The van der Waals surface area contributed by atoms with Gasteiger partial charge in [0.1, 0.15) is 0 Å². The monoisotopic (exact) mass is 327 g/mol. The van der Waals surface area contributed by atoms with Crippen molar-refractivity contribution in [3.05, 3.63) is 40.3 Å². The Balaban J connectivity index is 2.03. The van der Waals surface area contributed by atoms with E-state index >= 15 is 0 Å². The van der Waals surface area contributed by atoms with E-state index < -0.39 is 0 Å². The van der Waals surface area contributed by atoms with Crippen molar-refractivity contribution in [1.82, 2.24) is 15.1 Å². The minimum absolute atomic E-state index is 0.0951. The molecule has 1 aromatic carbocycles. The molecule has 3 rings (SSSR count). The predicted octanol–water partition coefficient (Wildman–Crippen LogP) is 3.29. The Morgan fingerprint density at radius 2 is 1.88 bits per heavy atom. The molecule has 1 amide bonds. The summed E-state index contributed by atoms with van der Waals surface area (Å²) in [5, 5.41) is 8.70. The standard InChI is InChI=1S/C19H25N3O2/c1-12(2)22-19(24)15-10-6-5-9-14(15)17(21-22)18(23)20-16-11-7-4-8-13(16)3/h5-6,9-10,12-13,16H,4,7-8,11H2,1-3H3,(H,20,23). The highest BCUT2D eigenvalue weighted by Crippen LogP contribution is 2.24. The molecule has 5 nitrogen and oxygen atoms in total. The second-order valence-corrected chi connectivity index (χ2v) is 7.08. The lowest BCUT2D eigenvalue weighted by molar-refractivity contribution is 0.0904. The van der Waals surface area contributed by atoms with E-state index in [9.17, 15) is 9.59 Å². The zero-order chi connectivity index (χ0) is 17.3. The fourth-order valence-corrected chi connectivity index (χ4v) is 3.49. The van der Waals surface area contributed by atoms with Crippen LogP contribution in [0.15, 0.2) is 29.1 Å². The lowest BCUT2D eigenvalue weighted by Crippen LogP contribution is -2.42. The number of amides is 1. The second-order valence-electron chi connectivity index (χ2n) is 7.08. The first kappa shape index (κ1) is 16.7. The average Bonchev–Trinajstić information content (AvgIpc) is 2.57. The number of hydrogen-bond donors (Lipinski definition) is 1. The lowest BCUT2D eigenvalue weighted by Gasteiger charge is -2.29. The van der Waals surface area contributed by atoms with Crippen molar-refractivity contribution in [3.63, 3.8) is 0 Å². The molecule has 0 aliphatic heterocycles. The number of hydrogen-bond acceptors (Lipinski definition) is 3. The minimum Gasteiger partial charge on any atom is -0.348 e. The van der Waals surface area contributed by atoms with Crippen LogP contribution >= 0.6 is 0 Å². The number of rotatable bonds is 3.